The number of rotatable bonds is 3. The Labute approximate surface area is 89.4 Å². The van der Waals surface area contributed by atoms with Gasteiger partial charge in [0.25, 0.3) is 0 Å². The number of ether oxygens (including phenoxy) is 1. The lowest BCUT2D eigenvalue weighted by Crippen LogP contribution is -2.01. The predicted octanol–water partition coefficient (Wildman–Crippen LogP) is 2.62. The Bertz CT molecular complexity index is 266. The van der Waals surface area contributed by atoms with Crippen LogP contribution < -0.4 is 10.5 Å². The number of halogens is 2. The van der Waals surface area contributed by atoms with Crippen LogP contribution in [0.2, 0.25) is 5.02 Å². The summed E-state index contributed by atoms with van der Waals surface area (Å²) < 4.78 is 5.34. The van der Waals surface area contributed by atoms with Crippen molar-refractivity contribution >= 4 is 24.0 Å². The minimum atomic E-state index is 0. The van der Waals surface area contributed by atoms with E-state index in [1.54, 1.807) is 6.07 Å². The van der Waals surface area contributed by atoms with Gasteiger partial charge in [-0.3, -0.25) is 0 Å². The highest BCUT2D eigenvalue weighted by molar-refractivity contribution is 6.30. The molecule has 0 fully saturated rings. The minimum Gasteiger partial charge on any atom is -0.493 e. The summed E-state index contributed by atoms with van der Waals surface area (Å²) in [7, 11) is 0. The van der Waals surface area contributed by atoms with Crippen LogP contribution in [-0.4, -0.2) is 6.61 Å². The van der Waals surface area contributed by atoms with E-state index in [2.05, 4.69) is 0 Å². The van der Waals surface area contributed by atoms with Crippen molar-refractivity contribution in [1.82, 2.24) is 0 Å². The first-order chi connectivity index (χ1) is 5.77. The van der Waals surface area contributed by atoms with Crippen molar-refractivity contribution < 1.29 is 4.74 Å². The summed E-state index contributed by atoms with van der Waals surface area (Å²) in [4.78, 5) is 0. The van der Waals surface area contributed by atoms with Crippen LogP contribution in [0.25, 0.3) is 0 Å². The van der Waals surface area contributed by atoms with E-state index in [-0.39, 0.29) is 12.4 Å². The van der Waals surface area contributed by atoms with Gasteiger partial charge in [0.2, 0.25) is 0 Å². The van der Waals surface area contributed by atoms with Crippen molar-refractivity contribution in [2.24, 2.45) is 5.73 Å². The van der Waals surface area contributed by atoms with Gasteiger partial charge < -0.3 is 10.5 Å². The summed E-state index contributed by atoms with van der Waals surface area (Å²) in [6.45, 7) is 3.04. The van der Waals surface area contributed by atoms with Crippen LogP contribution in [0.5, 0.6) is 5.75 Å². The van der Waals surface area contributed by atoms with Gasteiger partial charge in [-0.15, -0.1) is 12.4 Å². The third-order valence-corrected chi connectivity index (χ3v) is 1.78. The zero-order chi connectivity index (χ0) is 8.97. The zero-order valence-electron chi connectivity index (χ0n) is 7.42. The molecule has 13 heavy (non-hydrogen) atoms. The van der Waals surface area contributed by atoms with Crippen molar-refractivity contribution in [1.29, 1.82) is 0 Å². The zero-order valence-corrected chi connectivity index (χ0v) is 8.99. The van der Waals surface area contributed by atoms with Gasteiger partial charge in [-0.25, -0.2) is 0 Å². The lowest BCUT2D eigenvalue weighted by atomic mass is 10.2. The van der Waals surface area contributed by atoms with Gasteiger partial charge in [-0.2, -0.15) is 0 Å². The molecule has 0 saturated heterocycles. The van der Waals surface area contributed by atoms with Crippen LogP contribution in [0.1, 0.15) is 12.5 Å². The molecule has 0 aliphatic carbocycles. The van der Waals surface area contributed by atoms with E-state index in [0.29, 0.717) is 18.2 Å². The summed E-state index contributed by atoms with van der Waals surface area (Å²) in [5.41, 5.74) is 6.50. The second kappa shape index (κ2) is 6.08. The monoisotopic (exact) mass is 221 g/mol. The molecule has 0 spiro atoms. The molecule has 2 N–H and O–H groups in total. The Balaban J connectivity index is 0.00000144. The van der Waals surface area contributed by atoms with Gasteiger partial charge in [-0.05, 0) is 19.1 Å². The van der Waals surface area contributed by atoms with Gasteiger partial charge in [0, 0.05) is 17.1 Å². The normalized spacial score (nSPS) is 9.15. The molecule has 1 aromatic carbocycles. The maximum atomic E-state index is 5.79. The first kappa shape index (κ1) is 12.6. The number of nitrogens with two attached hydrogens (primary N) is 1. The van der Waals surface area contributed by atoms with Crippen molar-refractivity contribution in [3.63, 3.8) is 0 Å². The third kappa shape index (κ3) is 3.43. The molecule has 0 radical (unpaired) electrons. The van der Waals surface area contributed by atoms with Crippen LogP contribution in [-0.2, 0) is 6.54 Å². The lowest BCUT2D eigenvalue weighted by Gasteiger charge is -2.08. The van der Waals surface area contributed by atoms with Gasteiger partial charge >= 0.3 is 0 Å². The molecule has 0 aromatic heterocycles. The van der Waals surface area contributed by atoms with Gasteiger partial charge in [-0.1, -0.05) is 17.7 Å². The number of hydrogen-bond donors (Lipinski definition) is 1. The average Bonchev–Trinajstić information content (AvgIpc) is 2.05. The molecule has 0 heterocycles. The number of benzene rings is 1. The highest BCUT2D eigenvalue weighted by Crippen LogP contribution is 2.22. The van der Waals surface area contributed by atoms with E-state index in [9.17, 15) is 0 Å². The van der Waals surface area contributed by atoms with Gasteiger partial charge in [0.15, 0.2) is 0 Å². The van der Waals surface area contributed by atoms with Crippen molar-refractivity contribution in [3.8, 4) is 5.75 Å². The number of hydrogen-bond acceptors (Lipinski definition) is 2. The summed E-state index contributed by atoms with van der Waals surface area (Å²) in [6, 6.07) is 5.48. The molecule has 74 valence electrons. The first-order valence-electron chi connectivity index (χ1n) is 3.89. The SMILES string of the molecule is CCOc1cc(Cl)ccc1CN.Cl. The first-order valence-corrected chi connectivity index (χ1v) is 4.27. The van der Waals surface area contributed by atoms with E-state index >= 15 is 0 Å². The molecule has 0 aliphatic rings. The molecule has 0 unspecified atom stereocenters. The second-order valence-electron chi connectivity index (χ2n) is 2.39. The van der Waals surface area contributed by atoms with E-state index in [1.807, 2.05) is 19.1 Å². The van der Waals surface area contributed by atoms with Crippen molar-refractivity contribution in [3.05, 3.63) is 28.8 Å². The molecule has 0 atom stereocenters. The fraction of sp³-hybridized carbons (Fsp3) is 0.333. The third-order valence-electron chi connectivity index (χ3n) is 1.55. The topological polar surface area (TPSA) is 35.2 Å². The average molecular weight is 222 g/mol. The smallest absolute Gasteiger partial charge is 0.125 e. The lowest BCUT2D eigenvalue weighted by molar-refractivity contribution is 0.336. The Morgan fingerprint density at radius 1 is 1.46 bits per heavy atom. The van der Waals surface area contributed by atoms with Crippen LogP contribution in [0, 0.1) is 0 Å². The molecule has 0 saturated carbocycles. The summed E-state index contributed by atoms with van der Waals surface area (Å²) >= 11 is 5.79. The van der Waals surface area contributed by atoms with E-state index in [0.717, 1.165) is 11.3 Å². The quantitative estimate of drug-likeness (QED) is 0.853. The molecule has 2 nitrogen and oxygen atoms in total. The van der Waals surface area contributed by atoms with Crippen LogP contribution >= 0.6 is 24.0 Å². The Hall–Kier alpha value is -0.440. The second-order valence-corrected chi connectivity index (χ2v) is 2.83. The molecular formula is C9H13Cl2NO. The standard InChI is InChI=1S/C9H12ClNO.ClH/c1-2-12-9-5-8(10)4-3-7(9)6-11;/h3-5H,2,6,11H2,1H3;1H. The van der Waals surface area contributed by atoms with E-state index in [1.165, 1.54) is 0 Å². The Morgan fingerprint density at radius 3 is 2.69 bits per heavy atom. The highest BCUT2D eigenvalue weighted by atomic mass is 35.5. The molecule has 0 aliphatic heterocycles. The molecule has 1 aromatic rings. The maximum Gasteiger partial charge on any atom is 0.125 e. The fourth-order valence-electron chi connectivity index (χ4n) is 0.987. The predicted molar refractivity (Wildman–Crippen MR) is 57.8 cm³/mol. The fourth-order valence-corrected chi connectivity index (χ4v) is 1.15. The molecule has 1 rings (SSSR count). The van der Waals surface area contributed by atoms with Gasteiger partial charge in [0.05, 0.1) is 6.61 Å². The van der Waals surface area contributed by atoms with Gasteiger partial charge in [0.1, 0.15) is 5.75 Å². The van der Waals surface area contributed by atoms with Crippen molar-refractivity contribution in [2.75, 3.05) is 6.61 Å². The van der Waals surface area contributed by atoms with Crippen molar-refractivity contribution in [2.45, 2.75) is 13.5 Å². The molecular weight excluding hydrogens is 209 g/mol. The maximum absolute atomic E-state index is 5.79. The van der Waals surface area contributed by atoms with Crippen LogP contribution in [0.4, 0.5) is 0 Å². The summed E-state index contributed by atoms with van der Waals surface area (Å²) in [5.74, 6) is 0.785. The summed E-state index contributed by atoms with van der Waals surface area (Å²) in [5, 5.41) is 0.677. The van der Waals surface area contributed by atoms with E-state index in [4.69, 9.17) is 22.1 Å². The Morgan fingerprint density at radius 2 is 2.15 bits per heavy atom. The minimum absolute atomic E-state index is 0. The summed E-state index contributed by atoms with van der Waals surface area (Å²) in [6.07, 6.45) is 0. The highest BCUT2D eigenvalue weighted by Gasteiger charge is 2.01. The van der Waals surface area contributed by atoms with Crippen LogP contribution in [0.3, 0.4) is 0 Å². The van der Waals surface area contributed by atoms with E-state index < -0.39 is 0 Å². The Kier molecular flexibility index (Phi) is 5.88. The molecule has 0 amide bonds. The van der Waals surface area contributed by atoms with Crippen LogP contribution in [0.15, 0.2) is 18.2 Å². The molecule has 0 bridgehead atoms. The largest absolute Gasteiger partial charge is 0.493 e. The molecule has 4 heteroatoms.